The molecule has 0 bridgehead atoms. The highest BCUT2D eigenvalue weighted by atomic mass is 19.4. The van der Waals surface area contributed by atoms with E-state index < -0.39 is 23.8 Å². The summed E-state index contributed by atoms with van der Waals surface area (Å²) in [7, 11) is 0. The maximum atomic E-state index is 12.4. The van der Waals surface area contributed by atoms with Crippen molar-refractivity contribution in [3.8, 4) is 0 Å². The minimum atomic E-state index is -5.18. The van der Waals surface area contributed by atoms with Crippen molar-refractivity contribution >= 4 is 23.4 Å². The Morgan fingerprint density at radius 3 is 2.50 bits per heavy atom. The van der Waals surface area contributed by atoms with Crippen LogP contribution in [0.25, 0.3) is 11.0 Å². The summed E-state index contributed by atoms with van der Waals surface area (Å²) in [5, 5.41) is -0.295. The molecule has 8 heteroatoms. The van der Waals surface area contributed by atoms with Crippen LogP contribution in [0.2, 0.25) is 0 Å². The molecule has 0 aliphatic rings. The fourth-order valence-electron chi connectivity index (χ4n) is 1.30. The van der Waals surface area contributed by atoms with Gasteiger partial charge in [0.15, 0.2) is 0 Å². The monoisotopic (exact) mass is 230 g/mol. The Bertz CT molecular complexity index is 658. The lowest BCUT2D eigenvalue weighted by molar-refractivity contribution is 0.501. The number of hydrogen-bond acceptors (Lipinski definition) is 3. The summed E-state index contributed by atoms with van der Waals surface area (Å²) in [5.41, 5.74) is -1.97. The summed E-state index contributed by atoms with van der Waals surface area (Å²) >= 11 is 0. The fourth-order valence-corrected chi connectivity index (χ4v) is 1.30. The van der Waals surface area contributed by atoms with Crippen molar-refractivity contribution in [1.29, 1.82) is 0 Å². The molecule has 0 saturated carbocycles. The van der Waals surface area contributed by atoms with Crippen molar-refractivity contribution < 1.29 is 17.4 Å². The van der Waals surface area contributed by atoms with Crippen LogP contribution >= 0.6 is 0 Å². The first-order chi connectivity index (χ1) is 7.38. The summed E-state index contributed by atoms with van der Waals surface area (Å²) in [4.78, 5) is 23.7. The maximum absolute atomic E-state index is 12.4. The maximum Gasteiger partial charge on any atom is 0.509 e. The molecule has 84 valence electrons. The van der Waals surface area contributed by atoms with Crippen LogP contribution in [-0.4, -0.2) is 12.0 Å². The van der Waals surface area contributed by atoms with Crippen molar-refractivity contribution in [2.45, 2.75) is 0 Å². The topological polar surface area (TPSA) is 63.1 Å². The number of rotatable bonds is 1. The molecule has 0 aliphatic carbocycles. The summed E-state index contributed by atoms with van der Waals surface area (Å²) < 4.78 is 41.7. The molecule has 2 rings (SSSR count). The first kappa shape index (κ1) is 10.5. The molecule has 1 aromatic heterocycles. The zero-order valence-electron chi connectivity index (χ0n) is 7.67. The molecule has 0 radical (unpaired) electrons. The molecule has 0 fully saturated rings. The number of aromatic amines is 1. The Morgan fingerprint density at radius 1 is 1.19 bits per heavy atom. The predicted molar refractivity (Wildman–Crippen MR) is 51.8 cm³/mol. The molecule has 0 amide bonds. The molecule has 1 aromatic carbocycles. The standard InChI is InChI=1S/C8H4BF3NO3/c10-9(11,12)4-1-2-6-5(3-4)7(14)13-8(15)16-6/h1-3H,(H,13,14,15)/q-1. The first-order valence-electron chi connectivity index (χ1n) is 4.25. The van der Waals surface area contributed by atoms with Crippen LogP contribution < -0.4 is 16.8 Å². The van der Waals surface area contributed by atoms with Gasteiger partial charge in [0.1, 0.15) is 5.58 Å². The van der Waals surface area contributed by atoms with E-state index in [9.17, 15) is 22.5 Å². The van der Waals surface area contributed by atoms with Gasteiger partial charge in [0.05, 0.1) is 5.39 Å². The molecular weight excluding hydrogens is 226 g/mol. The fraction of sp³-hybridized carbons (Fsp3) is 0. The summed E-state index contributed by atoms with van der Waals surface area (Å²) in [6.07, 6.45) is 0. The predicted octanol–water partition coefficient (Wildman–Crippen LogP) is 0.536. The molecule has 1 heterocycles. The zero-order valence-corrected chi connectivity index (χ0v) is 7.67. The molecule has 2 aromatic rings. The minimum Gasteiger partial charge on any atom is -0.445 e. The Labute approximate surface area is 85.8 Å². The van der Waals surface area contributed by atoms with Crippen LogP contribution in [0.4, 0.5) is 12.9 Å². The Kier molecular flexibility index (Phi) is 2.14. The van der Waals surface area contributed by atoms with E-state index in [1.807, 2.05) is 0 Å². The van der Waals surface area contributed by atoms with E-state index in [0.717, 1.165) is 12.1 Å². The van der Waals surface area contributed by atoms with Crippen LogP contribution in [0.5, 0.6) is 0 Å². The number of aromatic nitrogens is 1. The van der Waals surface area contributed by atoms with Crippen LogP contribution in [0, 0.1) is 0 Å². The third kappa shape index (κ3) is 1.73. The van der Waals surface area contributed by atoms with E-state index in [1.54, 1.807) is 4.98 Å². The van der Waals surface area contributed by atoms with E-state index in [2.05, 4.69) is 4.42 Å². The molecule has 16 heavy (non-hydrogen) atoms. The SMILES string of the molecule is O=c1[nH]c(=O)c2cc([B-](F)(F)F)ccc2o1. The smallest absolute Gasteiger partial charge is 0.445 e. The zero-order chi connectivity index (χ0) is 11.9. The number of nitrogens with one attached hydrogen (secondary N) is 1. The minimum absolute atomic E-state index is 0.169. The van der Waals surface area contributed by atoms with E-state index in [-0.39, 0.29) is 11.0 Å². The number of fused-ring (bicyclic) bond motifs is 1. The lowest BCUT2D eigenvalue weighted by Crippen LogP contribution is -2.34. The second-order valence-corrected chi connectivity index (χ2v) is 3.17. The van der Waals surface area contributed by atoms with Crippen LogP contribution in [0.1, 0.15) is 0 Å². The van der Waals surface area contributed by atoms with Gasteiger partial charge in [0.2, 0.25) is 0 Å². The number of halogens is 3. The van der Waals surface area contributed by atoms with E-state index in [1.165, 1.54) is 0 Å². The molecule has 0 saturated heterocycles. The highest BCUT2D eigenvalue weighted by Crippen LogP contribution is 2.12. The second-order valence-electron chi connectivity index (χ2n) is 3.17. The largest absolute Gasteiger partial charge is 0.509 e. The Hall–Kier alpha value is -1.99. The van der Waals surface area contributed by atoms with Gasteiger partial charge >= 0.3 is 12.7 Å². The van der Waals surface area contributed by atoms with Crippen molar-refractivity contribution in [3.05, 3.63) is 39.1 Å². The van der Waals surface area contributed by atoms with Gasteiger partial charge < -0.3 is 17.4 Å². The molecule has 0 spiro atoms. The molecular formula is C8H4BF3NO3-. The van der Waals surface area contributed by atoms with Gasteiger partial charge in [-0.25, -0.2) is 4.79 Å². The number of hydrogen-bond donors (Lipinski definition) is 1. The summed E-state index contributed by atoms with van der Waals surface area (Å²) in [5.74, 6) is -0.997. The lowest BCUT2D eigenvalue weighted by Gasteiger charge is -2.14. The van der Waals surface area contributed by atoms with Gasteiger partial charge in [-0.1, -0.05) is 12.1 Å². The Morgan fingerprint density at radius 2 is 1.88 bits per heavy atom. The average molecular weight is 230 g/mol. The van der Waals surface area contributed by atoms with Crippen LogP contribution in [0.3, 0.4) is 0 Å². The van der Waals surface area contributed by atoms with Crippen molar-refractivity contribution in [2.75, 3.05) is 0 Å². The quantitative estimate of drug-likeness (QED) is 0.727. The first-order valence-corrected chi connectivity index (χ1v) is 4.25. The van der Waals surface area contributed by atoms with Crippen molar-refractivity contribution in [3.63, 3.8) is 0 Å². The summed E-state index contributed by atoms with van der Waals surface area (Å²) in [6, 6.07) is 2.39. The van der Waals surface area contributed by atoms with Gasteiger partial charge in [-0.15, -0.1) is 5.46 Å². The third-order valence-corrected chi connectivity index (χ3v) is 2.04. The Balaban J connectivity index is 2.82. The summed E-state index contributed by atoms with van der Waals surface area (Å²) in [6.45, 7) is -5.18. The van der Waals surface area contributed by atoms with E-state index >= 15 is 0 Å². The van der Waals surface area contributed by atoms with Crippen LogP contribution in [0.15, 0.2) is 32.2 Å². The van der Waals surface area contributed by atoms with Crippen molar-refractivity contribution in [2.24, 2.45) is 0 Å². The van der Waals surface area contributed by atoms with E-state index in [4.69, 9.17) is 0 Å². The van der Waals surface area contributed by atoms with Crippen LogP contribution in [-0.2, 0) is 0 Å². The number of benzene rings is 1. The molecule has 0 atom stereocenters. The molecule has 1 N–H and O–H groups in total. The van der Waals surface area contributed by atoms with Gasteiger partial charge in [0, 0.05) is 0 Å². The average Bonchev–Trinajstić information content (AvgIpc) is 2.15. The van der Waals surface area contributed by atoms with Crippen molar-refractivity contribution in [1.82, 2.24) is 4.98 Å². The lowest BCUT2D eigenvalue weighted by atomic mass is 9.80. The highest BCUT2D eigenvalue weighted by Gasteiger charge is 2.25. The van der Waals surface area contributed by atoms with Gasteiger partial charge in [-0.2, -0.15) is 0 Å². The molecule has 0 unspecified atom stereocenters. The van der Waals surface area contributed by atoms with Gasteiger partial charge in [-0.05, 0) is 6.07 Å². The van der Waals surface area contributed by atoms with Gasteiger partial charge in [0.25, 0.3) is 5.56 Å². The molecule has 0 aliphatic heterocycles. The number of H-pyrrole nitrogens is 1. The highest BCUT2D eigenvalue weighted by molar-refractivity contribution is 6.73. The van der Waals surface area contributed by atoms with E-state index in [0.29, 0.717) is 6.07 Å². The normalized spacial score (nSPS) is 11.9. The van der Waals surface area contributed by atoms with Gasteiger partial charge in [-0.3, -0.25) is 9.78 Å². The second kappa shape index (κ2) is 3.26. The molecule has 4 nitrogen and oxygen atoms in total. The third-order valence-electron chi connectivity index (χ3n) is 2.04.